The zero-order valence-electron chi connectivity index (χ0n) is 7.93. The van der Waals surface area contributed by atoms with Crippen molar-refractivity contribution in [1.82, 2.24) is 4.90 Å². The van der Waals surface area contributed by atoms with Gasteiger partial charge in [-0.25, -0.2) is 4.79 Å². The van der Waals surface area contributed by atoms with Crippen LogP contribution in [0.15, 0.2) is 0 Å². The Morgan fingerprint density at radius 1 is 1.57 bits per heavy atom. The fourth-order valence-electron chi connectivity index (χ4n) is 1.63. The first-order chi connectivity index (χ1) is 6.52. The lowest BCUT2D eigenvalue weighted by molar-refractivity contribution is -0.120. The van der Waals surface area contributed by atoms with Crippen LogP contribution in [0.3, 0.4) is 0 Å². The van der Waals surface area contributed by atoms with Crippen LogP contribution in [0, 0.1) is 0 Å². The topological polar surface area (TPSA) is 74.7 Å². The number of Topliss-reactive ketones (excluding diaryl/α,β-unsaturated/α-hetero) is 1. The van der Waals surface area contributed by atoms with Crippen molar-refractivity contribution in [2.24, 2.45) is 0 Å². The van der Waals surface area contributed by atoms with Gasteiger partial charge in [0.05, 0.1) is 11.8 Å². The smallest absolute Gasteiger partial charge is 0.407 e. The number of likely N-dealkylation sites (tertiary alicyclic amines) is 1. The molecule has 1 amide bonds. The van der Waals surface area contributed by atoms with Gasteiger partial charge < -0.3 is 5.11 Å². The van der Waals surface area contributed by atoms with Gasteiger partial charge in [-0.2, -0.15) is 0 Å². The molecule has 0 radical (unpaired) electrons. The first-order valence-electron chi connectivity index (χ1n) is 4.34. The Labute approximate surface area is 84.5 Å². The molecule has 0 aromatic carbocycles. The summed E-state index contributed by atoms with van der Waals surface area (Å²) in [6.45, 7) is 0.405. The summed E-state index contributed by atoms with van der Waals surface area (Å²) < 4.78 is 10.8. The predicted octanol–water partition coefficient (Wildman–Crippen LogP) is 0.0764. The van der Waals surface area contributed by atoms with Gasteiger partial charge in [0.1, 0.15) is 0 Å². The number of carbonyl (C=O) groups is 2. The highest BCUT2D eigenvalue weighted by Crippen LogP contribution is 2.18. The fraction of sp³-hybridized carbons (Fsp3) is 0.750. The second-order valence-electron chi connectivity index (χ2n) is 3.32. The molecule has 80 valence electrons. The summed E-state index contributed by atoms with van der Waals surface area (Å²) in [4.78, 5) is 23.3. The summed E-state index contributed by atoms with van der Waals surface area (Å²) in [5.74, 6) is -0.278. The second-order valence-corrected chi connectivity index (χ2v) is 4.75. The third kappa shape index (κ3) is 2.54. The Morgan fingerprint density at radius 3 is 2.71 bits per heavy atom. The number of hydrogen-bond acceptors (Lipinski definition) is 3. The monoisotopic (exact) mass is 219 g/mol. The minimum Gasteiger partial charge on any atom is -0.465 e. The zero-order valence-corrected chi connectivity index (χ0v) is 8.75. The largest absolute Gasteiger partial charge is 0.465 e. The number of amides is 1. The third-order valence-corrected chi connectivity index (χ3v) is 2.91. The van der Waals surface area contributed by atoms with E-state index in [-0.39, 0.29) is 11.5 Å². The van der Waals surface area contributed by atoms with Crippen molar-refractivity contribution in [3.63, 3.8) is 0 Å². The molecular weight excluding hydrogens is 206 g/mol. The van der Waals surface area contributed by atoms with E-state index in [0.717, 1.165) is 4.90 Å². The first-order valence-corrected chi connectivity index (χ1v) is 6.07. The molecule has 1 N–H and O–H groups in total. The number of ketones is 1. The Hall–Kier alpha value is -0.910. The van der Waals surface area contributed by atoms with E-state index in [1.807, 2.05) is 0 Å². The quantitative estimate of drug-likeness (QED) is 0.729. The maximum absolute atomic E-state index is 11.5. The molecule has 0 bridgehead atoms. The summed E-state index contributed by atoms with van der Waals surface area (Å²) in [5, 5.41) is 8.76. The minimum absolute atomic E-state index is 0.0472. The normalized spacial score (nSPS) is 23.5. The number of nitrogens with zero attached hydrogens (tertiary/aromatic N) is 1. The van der Waals surface area contributed by atoms with Crippen molar-refractivity contribution in [3.8, 4) is 0 Å². The van der Waals surface area contributed by atoms with E-state index in [9.17, 15) is 13.8 Å². The molecule has 1 saturated heterocycles. The Morgan fingerprint density at radius 2 is 2.21 bits per heavy atom. The average molecular weight is 219 g/mol. The fourth-order valence-corrected chi connectivity index (χ4v) is 2.22. The Balaban J connectivity index is 2.62. The number of rotatable bonds is 3. The maximum Gasteiger partial charge on any atom is 0.407 e. The van der Waals surface area contributed by atoms with E-state index in [1.165, 1.54) is 6.26 Å². The maximum atomic E-state index is 11.5. The van der Waals surface area contributed by atoms with Crippen LogP contribution in [0.5, 0.6) is 0 Å². The van der Waals surface area contributed by atoms with E-state index in [4.69, 9.17) is 5.11 Å². The highest BCUT2D eigenvalue weighted by Gasteiger charge is 2.33. The molecule has 6 heteroatoms. The lowest BCUT2D eigenvalue weighted by atomic mass is 10.1. The number of carboxylic acid groups (broad SMARTS) is 1. The van der Waals surface area contributed by atoms with Gasteiger partial charge in [0.2, 0.25) is 0 Å². The minimum atomic E-state index is -1.19. The summed E-state index contributed by atoms with van der Waals surface area (Å²) >= 11 is 0. The SMILES string of the molecule is CS(=O)CC(=O)[C@@H]1CCCN1C(=O)O. The van der Waals surface area contributed by atoms with E-state index < -0.39 is 22.9 Å². The van der Waals surface area contributed by atoms with Crippen LogP contribution in [-0.2, 0) is 15.6 Å². The highest BCUT2D eigenvalue weighted by atomic mass is 32.2. The zero-order chi connectivity index (χ0) is 10.7. The van der Waals surface area contributed by atoms with Crippen molar-refractivity contribution >= 4 is 22.7 Å². The van der Waals surface area contributed by atoms with Crippen molar-refractivity contribution in [3.05, 3.63) is 0 Å². The molecule has 5 nitrogen and oxygen atoms in total. The molecule has 1 aliphatic heterocycles. The van der Waals surface area contributed by atoms with E-state index in [2.05, 4.69) is 0 Å². The summed E-state index contributed by atoms with van der Waals surface area (Å²) in [7, 11) is -1.19. The third-order valence-electron chi connectivity index (χ3n) is 2.22. The van der Waals surface area contributed by atoms with Gasteiger partial charge in [-0.1, -0.05) is 0 Å². The molecule has 0 saturated carbocycles. The summed E-state index contributed by atoms with van der Waals surface area (Å²) in [6.07, 6.45) is 1.64. The molecule has 2 atom stereocenters. The van der Waals surface area contributed by atoms with Crippen LogP contribution in [0.4, 0.5) is 4.79 Å². The molecule has 1 fully saturated rings. The molecule has 0 aromatic heterocycles. The molecule has 0 aromatic rings. The Kier molecular flexibility index (Phi) is 3.62. The lowest BCUT2D eigenvalue weighted by Crippen LogP contribution is -2.41. The van der Waals surface area contributed by atoms with E-state index >= 15 is 0 Å². The molecule has 1 unspecified atom stereocenters. The van der Waals surface area contributed by atoms with Crippen LogP contribution in [0.25, 0.3) is 0 Å². The van der Waals surface area contributed by atoms with E-state index in [1.54, 1.807) is 0 Å². The molecule has 14 heavy (non-hydrogen) atoms. The average Bonchev–Trinajstić information content (AvgIpc) is 2.49. The van der Waals surface area contributed by atoms with Gasteiger partial charge in [-0.15, -0.1) is 0 Å². The van der Waals surface area contributed by atoms with Crippen LogP contribution in [0.1, 0.15) is 12.8 Å². The van der Waals surface area contributed by atoms with E-state index in [0.29, 0.717) is 19.4 Å². The van der Waals surface area contributed by atoms with Crippen molar-refractivity contribution < 1.29 is 18.9 Å². The number of hydrogen-bond donors (Lipinski definition) is 1. The van der Waals surface area contributed by atoms with Gasteiger partial charge in [-0.3, -0.25) is 13.9 Å². The van der Waals surface area contributed by atoms with Crippen LogP contribution < -0.4 is 0 Å². The van der Waals surface area contributed by atoms with Gasteiger partial charge in [0, 0.05) is 23.6 Å². The molecule has 0 aliphatic carbocycles. The second kappa shape index (κ2) is 4.54. The van der Waals surface area contributed by atoms with Gasteiger partial charge in [0.25, 0.3) is 0 Å². The van der Waals surface area contributed by atoms with Gasteiger partial charge in [-0.05, 0) is 12.8 Å². The molecule has 1 rings (SSSR count). The molecule has 0 spiro atoms. The lowest BCUT2D eigenvalue weighted by Gasteiger charge is -2.19. The Bertz CT molecular complexity index is 279. The number of carbonyl (C=O) groups excluding carboxylic acids is 1. The van der Waals surface area contributed by atoms with Crippen LogP contribution in [0.2, 0.25) is 0 Å². The van der Waals surface area contributed by atoms with Crippen LogP contribution in [-0.4, -0.2) is 50.7 Å². The van der Waals surface area contributed by atoms with Gasteiger partial charge >= 0.3 is 6.09 Å². The standard InChI is InChI=1S/C8H13NO4S/c1-14(13)5-7(10)6-3-2-4-9(6)8(11)12/h6H,2-5H2,1H3,(H,11,12)/t6-,14?/m0/s1. The molecule has 1 aliphatic rings. The predicted molar refractivity (Wildman–Crippen MR) is 51.7 cm³/mol. The first kappa shape index (κ1) is 11.2. The van der Waals surface area contributed by atoms with Crippen molar-refractivity contribution in [2.45, 2.75) is 18.9 Å². The van der Waals surface area contributed by atoms with Crippen LogP contribution >= 0.6 is 0 Å². The summed E-state index contributed by atoms with van der Waals surface area (Å²) in [6, 6.07) is -0.573. The summed E-state index contributed by atoms with van der Waals surface area (Å²) in [5.41, 5.74) is 0. The van der Waals surface area contributed by atoms with Gasteiger partial charge in [0.15, 0.2) is 5.78 Å². The van der Waals surface area contributed by atoms with Crippen molar-refractivity contribution in [2.75, 3.05) is 18.6 Å². The molecule has 1 heterocycles. The van der Waals surface area contributed by atoms with Crippen molar-refractivity contribution in [1.29, 1.82) is 0 Å². The molecular formula is C8H13NO4S. The highest BCUT2D eigenvalue weighted by molar-refractivity contribution is 7.85.